The van der Waals surface area contributed by atoms with E-state index in [2.05, 4.69) is 23.5 Å². The van der Waals surface area contributed by atoms with Gasteiger partial charge < -0.3 is 10.0 Å². The molecule has 0 aliphatic rings. The van der Waals surface area contributed by atoms with Crippen LogP contribution < -0.4 is 4.72 Å². The van der Waals surface area contributed by atoms with Gasteiger partial charge in [-0.25, -0.2) is 13.1 Å². The topological polar surface area (TPSA) is 69.6 Å². The Bertz CT molecular complexity index is 303. The van der Waals surface area contributed by atoms with Gasteiger partial charge in [-0.1, -0.05) is 13.8 Å². The summed E-state index contributed by atoms with van der Waals surface area (Å²) in [6.07, 6.45) is 2.91. The van der Waals surface area contributed by atoms with Crippen molar-refractivity contribution in [1.29, 1.82) is 0 Å². The van der Waals surface area contributed by atoms with Crippen molar-refractivity contribution in [3.05, 3.63) is 0 Å². The molecule has 5 nitrogen and oxygen atoms in total. The van der Waals surface area contributed by atoms with Crippen LogP contribution >= 0.6 is 0 Å². The Hall–Kier alpha value is -0.170. The second-order valence-electron chi connectivity index (χ2n) is 4.94. The van der Waals surface area contributed by atoms with Crippen LogP contribution in [0.1, 0.15) is 46.5 Å². The summed E-state index contributed by atoms with van der Waals surface area (Å²) in [6, 6.07) is -0.0188. The van der Waals surface area contributed by atoms with Crippen molar-refractivity contribution < 1.29 is 13.5 Å². The van der Waals surface area contributed by atoms with Crippen LogP contribution in [0.3, 0.4) is 0 Å². The highest BCUT2D eigenvalue weighted by atomic mass is 32.2. The van der Waals surface area contributed by atoms with Gasteiger partial charge in [-0.15, -0.1) is 0 Å². The molecule has 1 unspecified atom stereocenters. The summed E-state index contributed by atoms with van der Waals surface area (Å²) in [6.45, 7) is 9.33. The third-order valence-electron chi connectivity index (χ3n) is 3.21. The molecule has 0 aliphatic carbocycles. The van der Waals surface area contributed by atoms with Gasteiger partial charge in [0.25, 0.3) is 0 Å². The minimum atomic E-state index is -3.19. The predicted molar refractivity (Wildman–Crippen MR) is 79.7 cm³/mol. The predicted octanol–water partition coefficient (Wildman–Crippen LogP) is 1.19. The first kappa shape index (κ1) is 18.8. The first-order valence-corrected chi connectivity index (χ1v) is 8.93. The Kier molecular flexibility index (Phi) is 10.5. The van der Waals surface area contributed by atoms with Gasteiger partial charge in [-0.3, -0.25) is 0 Å². The number of aliphatic hydroxyl groups excluding tert-OH is 1. The van der Waals surface area contributed by atoms with E-state index >= 15 is 0 Å². The lowest BCUT2D eigenvalue weighted by atomic mass is 10.2. The molecule has 116 valence electrons. The van der Waals surface area contributed by atoms with Crippen LogP contribution in [0.5, 0.6) is 0 Å². The van der Waals surface area contributed by atoms with Gasteiger partial charge in [-0.2, -0.15) is 0 Å². The summed E-state index contributed by atoms with van der Waals surface area (Å²) in [4.78, 5) is 2.34. The van der Waals surface area contributed by atoms with E-state index in [9.17, 15) is 8.42 Å². The molecule has 0 aromatic rings. The first-order chi connectivity index (χ1) is 8.95. The molecule has 0 amide bonds. The molecular formula is C13H30N2O3S. The minimum absolute atomic E-state index is 0.0188. The molecule has 0 bridgehead atoms. The van der Waals surface area contributed by atoms with Crippen molar-refractivity contribution in [3.8, 4) is 0 Å². The molecule has 0 aliphatic heterocycles. The van der Waals surface area contributed by atoms with Gasteiger partial charge in [0, 0.05) is 12.6 Å². The van der Waals surface area contributed by atoms with Crippen molar-refractivity contribution in [2.75, 3.05) is 32.0 Å². The zero-order valence-electron chi connectivity index (χ0n) is 12.6. The Morgan fingerprint density at radius 1 is 1.16 bits per heavy atom. The summed E-state index contributed by atoms with van der Waals surface area (Å²) in [5.41, 5.74) is 0. The molecule has 19 heavy (non-hydrogen) atoms. The van der Waals surface area contributed by atoms with Crippen molar-refractivity contribution in [1.82, 2.24) is 9.62 Å². The highest BCUT2D eigenvalue weighted by Gasteiger charge is 2.14. The Morgan fingerprint density at radius 3 is 2.32 bits per heavy atom. The van der Waals surface area contributed by atoms with Crippen LogP contribution in [0.4, 0.5) is 0 Å². The quantitative estimate of drug-likeness (QED) is 0.531. The SMILES string of the molecule is CCN(CC)CCCC(C)NS(=O)(=O)CCCCO. The fraction of sp³-hybridized carbons (Fsp3) is 1.00. The number of nitrogens with zero attached hydrogens (tertiary/aromatic N) is 1. The summed E-state index contributed by atoms with van der Waals surface area (Å²) in [7, 11) is -3.19. The third kappa shape index (κ3) is 10.3. The lowest BCUT2D eigenvalue weighted by Gasteiger charge is -2.19. The van der Waals surface area contributed by atoms with Gasteiger partial charge in [0.05, 0.1) is 5.75 Å². The van der Waals surface area contributed by atoms with Gasteiger partial charge >= 0.3 is 0 Å². The lowest BCUT2D eigenvalue weighted by Crippen LogP contribution is -2.35. The van der Waals surface area contributed by atoms with E-state index in [0.717, 1.165) is 32.5 Å². The maximum absolute atomic E-state index is 11.7. The molecule has 0 spiro atoms. The van der Waals surface area contributed by atoms with E-state index in [1.807, 2.05) is 6.92 Å². The van der Waals surface area contributed by atoms with E-state index in [1.54, 1.807) is 0 Å². The average molecular weight is 294 g/mol. The number of sulfonamides is 1. The van der Waals surface area contributed by atoms with Gasteiger partial charge in [0.2, 0.25) is 10.0 Å². The molecule has 6 heteroatoms. The summed E-state index contributed by atoms with van der Waals surface area (Å²) in [5.74, 6) is 0.105. The Labute approximate surface area is 118 Å². The molecule has 0 aromatic heterocycles. The van der Waals surface area contributed by atoms with Crippen LogP contribution in [0, 0.1) is 0 Å². The number of nitrogens with one attached hydrogen (secondary N) is 1. The van der Waals surface area contributed by atoms with Gasteiger partial charge in [0.1, 0.15) is 0 Å². The van der Waals surface area contributed by atoms with Crippen molar-refractivity contribution >= 4 is 10.0 Å². The fourth-order valence-electron chi connectivity index (χ4n) is 1.99. The minimum Gasteiger partial charge on any atom is -0.396 e. The standard InChI is InChI=1S/C13H30N2O3S/c1-4-15(5-2)10-8-9-13(3)14-19(17,18)12-7-6-11-16/h13-14,16H,4-12H2,1-3H3. The zero-order chi connectivity index (χ0) is 14.7. The molecule has 0 radical (unpaired) electrons. The van der Waals surface area contributed by atoms with Crippen molar-refractivity contribution in [2.24, 2.45) is 0 Å². The first-order valence-electron chi connectivity index (χ1n) is 7.28. The normalized spacial score (nSPS) is 13.9. The molecule has 0 heterocycles. The summed E-state index contributed by atoms with van der Waals surface area (Å²) >= 11 is 0. The van der Waals surface area contributed by atoms with E-state index in [1.165, 1.54) is 0 Å². The van der Waals surface area contributed by atoms with Crippen LogP contribution in [0.15, 0.2) is 0 Å². The number of hydrogen-bond acceptors (Lipinski definition) is 4. The van der Waals surface area contributed by atoms with Crippen LogP contribution in [-0.4, -0.2) is 56.5 Å². The fourth-order valence-corrected chi connectivity index (χ4v) is 3.42. The number of unbranched alkanes of at least 4 members (excludes halogenated alkanes) is 1. The molecule has 0 fully saturated rings. The molecule has 0 saturated heterocycles. The monoisotopic (exact) mass is 294 g/mol. The molecule has 0 saturated carbocycles. The molecule has 2 N–H and O–H groups in total. The summed E-state index contributed by atoms with van der Waals surface area (Å²) < 4.78 is 26.1. The van der Waals surface area contributed by atoms with Crippen LogP contribution in [0.25, 0.3) is 0 Å². The van der Waals surface area contributed by atoms with Crippen molar-refractivity contribution in [2.45, 2.75) is 52.5 Å². The molecular weight excluding hydrogens is 264 g/mol. The third-order valence-corrected chi connectivity index (χ3v) is 4.80. The molecule has 1 atom stereocenters. The van der Waals surface area contributed by atoms with Crippen molar-refractivity contribution in [3.63, 3.8) is 0 Å². The maximum atomic E-state index is 11.7. The van der Waals surface area contributed by atoms with Gasteiger partial charge in [-0.05, 0) is 52.2 Å². The van der Waals surface area contributed by atoms with Crippen LogP contribution in [-0.2, 0) is 10.0 Å². The van der Waals surface area contributed by atoms with E-state index in [4.69, 9.17) is 5.11 Å². The number of aliphatic hydroxyl groups is 1. The number of rotatable bonds is 12. The second-order valence-corrected chi connectivity index (χ2v) is 6.81. The zero-order valence-corrected chi connectivity index (χ0v) is 13.4. The maximum Gasteiger partial charge on any atom is 0.211 e. The Balaban J connectivity index is 3.86. The largest absolute Gasteiger partial charge is 0.396 e. The number of hydrogen-bond donors (Lipinski definition) is 2. The van der Waals surface area contributed by atoms with Gasteiger partial charge in [0.15, 0.2) is 0 Å². The lowest BCUT2D eigenvalue weighted by molar-refractivity contribution is 0.287. The second kappa shape index (κ2) is 10.6. The Morgan fingerprint density at radius 2 is 1.79 bits per heavy atom. The molecule has 0 aromatic carbocycles. The van der Waals surface area contributed by atoms with E-state index in [-0.39, 0.29) is 18.4 Å². The van der Waals surface area contributed by atoms with Crippen LogP contribution in [0.2, 0.25) is 0 Å². The highest BCUT2D eigenvalue weighted by molar-refractivity contribution is 7.89. The van der Waals surface area contributed by atoms with E-state index in [0.29, 0.717) is 12.8 Å². The highest BCUT2D eigenvalue weighted by Crippen LogP contribution is 2.02. The summed E-state index contributed by atoms with van der Waals surface area (Å²) in [5, 5.41) is 8.64. The smallest absolute Gasteiger partial charge is 0.211 e. The molecule has 0 rings (SSSR count). The average Bonchev–Trinajstić information content (AvgIpc) is 2.34. The van der Waals surface area contributed by atoms with E-state index < -0.39 is 10.0 Å².